The number of rotatable bonds is 6. The Labute approximate surface area is 124 Å². The summed E-state index contributed by atoms with van der Waals surface area (Å²) in [6.45, 7) is 9.96. The van der Waals surface area contributed by atoms with Crippen molar-refractivity contribution in [3.8, 4) is 6.01 Å². The van der Waals surface area contributed by atoms with Gasteiger partial charge in [-0.15, -0.1) is 0 Å². The maximum Gasteiger partial charge on any atom is 0.322 e. The Morgan fingerprint density at radius 2 is 2.20 bits per heavy atom. The lowest BCUT2D eigenvalue weighted by Gasteiger charge is -2.20. The van der Waals surface area contributed by atoms with Gasteiger partial charge in [0.15, 0.2) is 0 Å². The van der Waals surface area contributed by atoms with E-state index in [1.54, 1.807) is 0 Å². The van der Waals surface area contributed by atoms with Crippen LogP contribution in [0.15, 0.2) is 0 Å². The largest absolute Gasteiger partial charge is 0.464 e. The molecule has 1 aromatic heterocycles. The molecule has 6 nitrogen and oxygen atoms in total. The van der Waals surface area contributed by atoms with Crippen LogP contribution in [0, 0.1) is 5.92 Å². The van der Waals surface area contributed by atoms with Gasteiger partial charge in [0, 0.05) is 19.1 Å². The van der Waals surface area contributed by atoms with Crippen molar-refractivity contribution in [1.29, 1.82) is 0 Å². The van der Waals surface area contributed by atoms with Gasteiger partial charge in [-0.25, -0.2) is 0 Å². The van der Waals surface area contributed by atoms with Gasteiger partial charge in [-0.3, -0.25) is 0 Å². The molecule has 112 valence electrons. The summed E-state index contributed by atoms with van der Waals surface area (Å²) in [6, 6.07) is 0.876. The van der Waals surface area contributed by atoms with Crippen LogP contribution in [-0.2, 0) is 0 Å². The van der Waals surface area contributed by atoms with Crippen molar-refractivity contribution in [2.24, 2.45) is 5.92 Å². The topological polar surface area (TPSA) is 63.2 Å². The predicted octanol–water partition coefficient (Wildman–Crippen LogP) is 2.07. The van der Waals surface area contributed by atoms with Crippen molar-refractivity contribution >= 4 is 17.5 Å². The molecule has 20 heavy (non-hydrogen) atoms. The van der Waals surface area contributed by atoms with E-state index in [1.165, 1.54) is 6.42 Å². The number of nitrogens with zero attached hydrogens (tertiary/aromatic N) is 4. The Morgan fingerprint density at radius 3 is 2.85 bits per heavy atom. The van der Waals surface area contributed by atoms with Crippen LogP contribution < -0.4 is 10.1 Å². The summed E-state index contributed by atoms with van der Waals surface area (Å²) >= 11 is 5.86. The smallest absolute Gasteiger partial charge is 0.322 e. The third-order valence-corrected chi connectivity index (χ3v) is 3.63. The van der Waals surface area contributed by atoms with Crippen molar-refractivity contribution in [2.45, 2.75) is 33.2 Å². The van der Waals surface area contributed by atoms with E-state index in [4.69, 9.17) is 16.3 Å². The molecule has 1 atom stereocenters. The number of hydrogen-bond acceptors (Lipinski definition) is 6. The van der Waals surface area contributed by atoms with Crippen LogP contribution >= 0.6 is 11.6 Å². The molecule has 1 fully saturated rings. The Hall–Kier alpha value is -1.14. The number of nitrogens with one attached hydrogen (secondary N) is 1. The summed E-state index contributed by atoms with van der Waals surface area (Å²) < 4.78 is 5.25. The van der Waals surface area contributed by atoms with E-state index in [0.29, 0.717) is 24.5 Å². The molecular formula is C13H22ClN5O. The van der Waals surface area contributed by atoms with Gasteiger partial charge in [-0.1, -0.05) is 0 Å². The van der Waals surface area contributed by atoms with Crippen LogP contribution in [0.4, 0.5) is 5.95 Å². The van der Waals surface area contributed by atoms with Gasteiger partial charge in [-0.2, -0.15) is 15.0 Å². The van der Waals surface area contributed by atoms with Crippen molar-refractivity contribution in [2.75, 3.05) is 31.6 Å². The quantitative estimate of drug-likeness (QED) is 0.867. The highest BCUT2D eigenvalue weighted by Gasteiger charge is 2.24. The molecule has 2 heterocycles. The first-order chi connectivity index (χ1) is 9.58. The maximum absolute atomic E-state index is 5.86. The number of aromatic nitrogens is 3. The van der Waals surface area contributed by atoms with Gasteiger partial charge >= 0.3 is 6.01 Å². The second kappa shape index (κ2) is 7.04. The first-order valence-corrected chi connectivity index (χ1v) is 7.48. The standard InChI is InChI=1S/C13H22ClN5O/c1-4-20-13-17-11(14)16-12(18-13)15-7-10-5-6-19(8-10)9(2)3/h9-10H,4-8H2,1-3H3,(H,15,16,17,18). The average molecular weight is 300 g/mol. The van der Waals surface area contributed by atoms with E-state index < -0.39 is 0 Å². The van der Waals surface area contributed by atoms with Gasteiger partial charge in [0.25, 0.3) is 0 Å². The number of anilines is 1. The minimum absolute atomic E-state index is 0.154. The summed E-state index contributed by atoms with van der Waals surface area (Å²) in [5, 5.41) is 3.39. The second-order valence-electron chi connectivity index (χ2n) is 5.27. The molecule has 1 saturated heterocycles. The Kier molecular flexibility index (Phi) is 5.37. The van der Waals surface area contributed by atoms with E-state index in [-0.39, 0.29) is 11.3 Å². The molecule has 0 aromatic carbocycles. The van der Waals surface area contributed by atoms with Gasteiger partial charge in [0.2, 0.25) is 11.2 Å². The lowest BCUT2D eigenvalue weighted by atomic mass is 10.1. The monoisotopic (exact) mass is 299 g/mol. The maximum atomic E-state index is 5.86. The molecular weight excluding hydrogens is 278 g/mol. The van der Waals surface area contributed by atoms with Gasteiger partial charge < -0.3 is 15.0 Å². The molecule has 1 aromatic rings. The van der Waals surface area contributed by atoms with Crippen LogP contribution in [-0.4, -0.2) is 52.1 Å². The molecule has 2 rings (SSSR count). The number of halogens is 1. The van der Waals surface area contributed by atoms with Gasteiger partial charge in [-0.05, 0) is 51.3 Å². The van der Waals surface area contributed by atoms with Crippen LogP contribution in [0.5, 0.6) is 6.01 Å². The summed E-state index contributed by atoms with van der Waals surface area (Å²) in [6.07, 6.45) is 1.20. The van der Waals surface area contributed by atoms with E-state index in [2.05, 4.69) is 39.0 Å². The first kappa shape index (κ1) is 15.3. The molecule has 0 amide bonds. The zero-order valence-electron chi connectivity index (χ0n) is 12.3. The fourth-order valence-corrected chi connectivity index (χ4v) is 2.49. The molecule has 1 aliphatic rings. The van der Waals surface area contributed by atoms with Crippen molar-refractivity contribution < 1.29 is 4.74 Å². The van der Waals surface area contributed by atoms with E-state index in [9.17, 15) is 0 Å². The van der Waals surface area contributed by atoms with Crippen molar-refractivity contribution in [1.82, 2.24) is 19.9 Å². The minimum atomic E-state index is 0.154. The Morgan fingerprint density at radius 1 is 1.40 bits per heavy atom. The van der Waals surface area contributed by atoms with Crippen LogP contribution in [0.2, 0.25) is 5.28 Å². The Bertz CT molecular complexity index is 443. The molecule has 0 aliphatic carbocycles. The van der Waals surface area contributed by atoms with E-state index in [1.807, 2.05) is 6.92 Å². The van der Waals surface area contributed by atoms with Gasteiger partial charge in [0.1, 0.15) is 0 Å². The molecule has 0 spiro atoms. The normalized spacial score (nSPS) is 19.6. The number of likely N-dealkylation sites (tertiary alicyclic amines) is 1. The third-order valence-electron chi connectivity index (χ3n) is 3.46. The number of ether oxygens (including phenoxy) is 1. The highest BCUT2D eigenvalue weighted by molar-refractivity contribution is 6.28. The fraction of sp³-hybridized carbons (Fsp3) is 0.769. The van der Waals surface area contributed by atoms with Crippen LogP contribution in [0.3, 0.4) is 0 Å². The molecule has 1 unspecified atom stereocenters. The summed E-state index contributed by atoms with van der Waals surface area (Å²) in [5.41, 5.74) is 0. The lowest BCUT2D eigenvalue weighted by molar-refractivity contribution is 0.266. The zero-order chi connectivity index (χ0) is 14.5. The molecule has 0 radical (unpaired) electrons. The van der Waals surface area contributed by atoms with Crippen LogP contribution in [0.1, 0.15) is 27.2 Å². The van der Waals surface area contributed by atoms with Crippen LogP contribution in [0.25, 0.3) is 0 Å². The van der Waals surface area contributed by atoms with Gasteiger partial charge in [0.05, 0.1) is 6.61 Å². The zero-order valence-corrected chi connectivity index (χ0v) is 13.0. The average Bonchev–Trinajstić information content (AvgIpc) is 2.85. The first-order valence-electron chi connectivity index (χ1n) is 7.10. The SMILES string of the molecule is CCOc1nc(Cl)nc(NCC2CCN(C(C)C)C2)n1. The summed E-state index contributed by atoms with van der Waals surface area (Å²) in [4.78, 5) is 14.7. The lowest BCUT2D eigenvalue weighted by Crippen LogP contribution is -2.29. The molecule has 7 heteroatoms. The highest BCUT2D eigenvalue weighted by Crippen LogP contribution is 2.19. The van der Waals surface area contributed by atoms with Crippen molar-refractivity contribution in [3.63, 3.8) is 0 Å². The molecule has 1 N–H and O–H groups in total. The third kappa shape index (κ3) is 4.18. The molecule has 0 bridgehead atoms. The minimum Gasteiger partial charge on any atom is -0.464 e. The fourth-order valence-electron chi connectivity index (χ4n) is 2.34. The second-order valence-corrected chi connectivity index (χ2v) is 5.61. The molecule has 1 aliphatic heterocycles. The summed E-state index contributed by atoms with van der Waals surface area (Å²) in [5.74, 6) is 1.10. The Balaban J connectivity index is 1.88. The predicted molar refractivity (Wildman–Crippen MR) is 79.3 cm³/mol. The highest BCUT2D eigenvalue weighted by atomic mass is 35.5. The number of hydrogen-bond donors (Lipinski definition) is 1. The summed E-state index contributed by atoms with van der Waals surface area (Å²) in [7, 11) is 0. The van der Waals surface area contributed by atoms with Crippen molar-refractivity contribution in [3.05, 3.63) is 5.28 Å². The van der Waals surface area contributed by atoms with E-state index >= 15 is 0 Å². The van der Waals surface area contributed by atoms with E-state index in [0.717, 1.165) is 19.6 Å². The molecule has 0 saturated carbocycles.